The minimum atomic E-state index is -0.850. The van der Waals surface area contributed by atoms with Crippen LogP contribution in [0, 0.1) is 0 Å². The third-order valence-corrected chi connectivity index (χ3v) is 5.05. The zero-order valence-electron chi connectivity index (χ0n) is 13.6. The van der Waals surface area contributed by atoms with Crippen LogP contribution in [-0.2, 0) is 10.8 Å². The SMILES string of the molecule is CC1(C)CC(C)(c2ccc(O)c(O)c2O)c2cc(O)c(O)c(O)c21. The first-order valence-corrected chi connectivity index (χ1v) is 7.54. The lowest BCUT2D eigenvalue weighted by molar-refractivity contribution is 0.350. The number of hydrogen-bond acceptors (Lipinski definition) is 6. The molecule has 0 amide bonds. The molecule has 0 saturated heterocycles. The molecule has 0 heterocycles. The van der Waals surface area contributed by atoms with Crippen LogP contribution in [0.1, 0.15) is 43.9 Å². The van der Waals surface area contributed by atoms with Crippen molar-refractivity contribution in [2.75, 3.05) is 0 Å². The van der Waals surface area contributed by atoms with Gasteiger partial charge in [-0.3, -0.25) is 0 Å². The Hall–Kier alpha value is -2.76. The van der Waals surface area contributed by atoms with Crippen molar-refractivity contribution in [3.05, 3.63) is 34.9 Å². The molecule has 0 bridgehead atoms. The first kappa shape index (κ1) is 16.1. The number of rotatable bonds is 1. The fourth-order valence-corrected chi connectivity index (χ4v) is 4.09. The Morgan fingerprint density at radius 1 is 0.708 bits per heavy atom. The van der Waals surface area contributed by atoms with Gasteiger partial charge in [-0.05, 0) is 29.5 Å². The molecule has 0 aliphatic heterocycles. The summed E-state index contributed by atoms with van der Waals surface area (Å²) in [6.07, 6.45) is 0.448. The Morgan fingerprint density at radius 2 is 1.29 bits per heavy atom. The highest BCUT2D eigenvalue weighted by Gasteiger charge is 2.50. The Bertz CT molecular complexity index is 855. The van der Waals surface area contributed by atoms with Crippen LogP contribution in [0.25, 0.3) is 0 Å². The van der Waals surface area contributed by atoms with Gasteiger partial charge in [0, 0.05) is 16.5 Å². The number of fused-ring (bicyclic) bond motifs is 1. The summed E-state index contributed by atoms with van der Waals surface area (Å²) in [6.45, 7) is 5.57. The molecule has 6 N–H and O–H groups in total. The average Bonchev–Trinajstić information content (AvgIpc) is 2.69. The second-order valence-electron chi connectivity index (χ2n) is 7.24. The van der Waals surface area contributed by atoms with Gasteiger partial charge in [0.05, 0.1) is 0 Å². The third-order valence-electron chi connectivity index (χ3n) is 5.05. The van der Waals surface area contributed by atoms with E-state index in [4.69, 9.17) is 0 Å². The summed E-state index contributed by atoms with van der Waals surface area (Å²) in [7, 11) is 0. The number of benzene rings is 2. The lowest BCUT2D eigenvalue weighted by atomic mass is 9.74. The van der Waals surface area contributed by atoms with Crippen LogP contribution in [0.4, 0.5) is 0 Å². The quantitative estimate of drug-likeness (QED) is 0.447. The van der Waals surface area contributed by atoms with E-state index in [2.05, 4.69) is 0 Å². The lowest BCUT2D eigenvalue weighted by Gasteiger charge is -2.29. The van der Waals surface area contributed by atoms with E-state index in [0.717, 1.165) is 0 Å². The summed E-state index contributed by atoms with van der Waals surface area (Å²) >= 11 is 0. The molecule has 1 atom stereocenters. The molecule has 6 heteroatoms. The van der Waals surface area contributed by atoms with Crippen LogP contribution in [0.3, 0.4) is 0 Å². The molecule has 2 aromatic carbocycles. The summed E-state index contributed by atoms with van der Waals surface area (Å²) in [5, 5.41) is 59.8. The van der Waals surface area contributed by atoms with Crippen LogP contribution in [0.5, 0.6) is 34.5 Å². The number of phenols is 6. The van der Waals surface area contributed by atoms with Gasteiger partial charge in [0.2, 0.25) is 11.5 Å². The summed E-state index contributed by atoms with van der Waals surface area (Å²) < 4.78 is 0. The van der Waals surface area contributed by atoms with Crippen molar-refractivity contribution in [3.8, 4) is 34.5 Å². The van der Waals surface area contributed by atoms with E-state index in [9.17, 15) is 30.6 Å². The second-order valence-corrected chi connectivity index (χ2v) is 7.24. The van der Waals surface area contributed by atoms with Crippen molar-refractivity contribution in [1.29, 1.82) is 0 Å². The maximum Gasteiger partial charge on any atom is 0.200 e. The van der Waals surface area contributed by atoms with E-state index >= 15 is 0 Å². The normalized spacial score (nSPS) is 21.6. The summed E-state index contributed by atoms with van der Waals surface area (Å²) in [6, 6.07) is 4.14. The molecule has 1 unspecified atom stereocenters. The van der Waals surface area contributed by atoms with Gasteiger partial charge < -0.3 is 30.6 Å². The van der Waals surface area contributed by atoms with Gasteiger partial charge in [-0.2, -0.15) is 0 Å². The van der Waals surface area contributed by atoms with Gasteiger partial charge in [0.25, 0.3) is 0 Å². The molecular weight excluding hydrogens is 312 g/mol. The van der Waals surface area contributed by atoms with Crippen LogP contribution >= 0.6 is 0 Å². The first-order valence-electron chi connectivity index (χ1n) is 7.54. The molecule has 0 saturated carbocycles. The highest BCUT2D eigenvalue weighted by molar-refractivity contribution is 5.68. The first-order chi connectivity index (χ1) is 11.0. The van der Waals surface area contributed by atoms with Crippen LogP contribution in [-0.4, -0.2) is 30.6 Å². The van der Waals surface area contributed by atoms with Crippen molar-refractivity contribution in [2.45, 2.75) is 38.0 Å². The lowest BCUT2D eigenvalue weighted by Crippen LogP contribution is -2.23. The third kappa shape index (κ3) is 1.89. The predicted octanol–water partition coefficient (Wildman–Crippen LogP) is 2.91. The molecule has 1 aliphatic rings. The minimum absolute atomic E-state index is 0.356. The van der Waals surface area contributed by atoms with Crippen LogP contribution in [0.15, 0.2) is 18.2 Å². The Morgan fingerprint density at radius 3 is 1.92 bits per heavy atom. The Labute approximate surface area is 138 Å². The van der Waals surface area contributed by atoms with Crippen LogP contribution in [0.2, 0.25) is 0 Å². The number of hydrogen-bond donors (Lipinski definition) is 6. The highest BCUT2D eigenvalue weighted by atomic mass is 16.3. The van der Waals surface area contributed by atoms with Gasteiger partial charge >= 0.3 is 0 Å². The topological polar surface area (TPSA) is 121 Å². The predicted molar refractivity (Wildman–Crippen MR) is 87.0 cm³/mol. The van der Waals surface area contributed by atoms with E-state index in [1.807, 2.05) is 20.8 Å². The maximum atomic E-state index is 10.3. The summed E-state index contributed by atoms with van der Waals surface area (Å²) in [4.78, 5) is 0. The highest BCUT2D eigenvalue weighted by Crippen LogP contribution is 2.60. The molecule has 3 rings (SSSR count). The number of phenolic OH excluding ortho intramolecular Hbond substituents is 6. The van der Waals surface area contributed by atoms with Gasteiger partial charge in [-0.1, -0.05) is 26.8 Å². The largest absolute Gasteiger partial charge is 0.504 e. The smallest absolute Gasteiger partial charge is 0.200 e. The van der Waals surface area contributed by atoms with E-state index in [1.54, 1.807) is 0 Å². The number of aromatic hydroxyl groups is 6. The van der Waals surface area contributed by atoms with Crippen molar-refractivity contribution >= 4 is 0 Å². The minimum Gasteiger partial charge on any atom is -0.504 e. The van der Waals surface area contributed by atoms with E-state index in [0.29, 0.717) is 23.1 Å². The molecule has 1 aliphatic carbocycles. The summed E-state index contributed by atoms with van der Waals surface area (Å²) in [5.74, 6) is -2.93. The van der Waals surface area contributed by atoms with Gasteiger partial charge in [0.15, 0.2) is 23.0 Å². The van der Waals surface area contributed by atoms with Crippen molar-refractivity contribution in [3.63, 3.8) is 0 Å². The Balaban J connectivity index is 2.36. The fourth-order valence-electron chi connectivity index (χ4n) is 4.09. The Kier molecular flexibility index (Phi) is 3.11. The molecule has 24 heavy (non-hydrogen) atoms. The van der Waals surface area contributed by atoms with Crippen molar-refractivity contribution < 1.29 is 30.6 Å². The van der Waals surface area contributed by atoms with Gasteiger partial charge in [-0.15, -0.1) is 0 Å². The fraction of sp³-hybridized carbons (Fsp3) is 0.333. The van der Waals surface area contributed by atoms with E-state index < -0.39 is 39.6 Å². The molecule has 128 valence electrons. The van der Waals surface area contributed by atoms with Crippen LogP contribution < -0.4 is 0 Å². The van der Waals surface area contributed by atoms with E-state index in [-0.39, 0.29) is 5.75 Å². The van der Waals surface area contributed by atoms with Crippen molar-refractivity contribution in [1.82, 2.24) is 0 Å². The molecule has 0 aromatic heterocycles. The zero-order chi connectivity index (χ0) is 18.0. The monoisotopic (exact) mass is 332 g/mol. The maximum absolute atomic E-state index is 10.3. The second kappa shape index (κ2) is 4.63. The molecule has 2 aromatic rings. The summed E-state index contributed by atoms with van der Waals surface area (Å²) in [5.41, 5.74) is -0.0298. The van der Waals surface area contributed by atoms with Gasteiger partial charge in [-0.25, -0.2) is 0 Å². The molecular formula is C18H20O6. The van der Waals surface area contributed by atoms with Crippen molar-refractivity contribution in [2.24, 2.45) is 0 Å². The molecule has 0 spiro atoms. The molecule has 0 radical (unpaired) electrons. The molecule has 0 fully saturated rings. The zero-order valence-corrected chi connectivity index (χ0v) is 13.6. The van der Waals surface area contributed by atoms with Gasteiger partial charge in [0.1, 0.15) is 0 Å². The average molecular weight is 332 g/mol. The van der Waals surface area contributed by atoms with E-state index in [1.165, 1.54) is 18.2 Å². The molecule has 6 nitrogen and oxygen atoms in total. The standard InChI is InChI=1S/C18H20O6/c1-17(2)7-18(3,8-4-5-10(19)14(22)13(8)21)9-6-11(20)15(23)16(24)12(9)17/h4-6,19-24H,7H2,1-3H3.